The van der Waals surface area contributed by atoms with Gasteiger partial charge in [-0.05, 0) is 57.0 Å². The third-order valence-corrected chi connectivity index (χ3v) is 5.62. The molecule has 0 radical (unpaired) electrons. The molecular weight excluding hydrogens is 370 g/mol. The average molecular weight is 398 g/mol. The maximum Gasteiger partial charge on any atom is 0.308 e. The molecule has 1 heterocycles. The molecule has 2 unspecified atom stereocenters. The zero-order valence-corrected chi connectivity index (χ0v) is 18.2. The van der Waals surface area contributed by atoms with E-state index in [0.717, 1.165) is 0 Å². The molecule has 1 aliphatic rings. The van der Waals surface area contributed by atoms with Crippen LogP contribution in [-0.4, -0.2) is 33.3 Å². The molecule has 0 aromatic heterocycles. The predicted octanol–water partition coefficient (Wildman–Crippen LogP) is 4.37. The van der Waals surface area contributed by atoms with Crippen LogP contribution >= 0.6 is 0 Å². The molecule has 1 aromatic carbocycles. The molecule has 26 heavy (non-hydrogen) atoms. The lowest BCUT2D eigenvalue weighted by Gasteiger charge is -2.42. The van der Waals surface area contributed by atoms with E-state index in [9.17, 15) is 14.9 Å². The molecule has 1 aromatic rings. The first kappa shape index (κ1) is 20.8. The summed E-state index contributed by atoms with van der Waals surface area (Å²) < 4.78 is 18.5. The van der Waals surface area contributed by atoms with E-state index in [2.05, 4.69) is 0 Å². The Bertz CT molecular complexity index is 680. The largest absolute Gasteiger partial charge is 0.431 e. The highest BCUT2D eigenvalue weighted by Crippen LogP contribution is 2.45. The number of benzene rings is 1. The number of hydrogen-bond donors (Lipinski definition) is 0. The number of nitro benzene ring substituents is 1. The van der Waals surface area contributed by atoms with Crippen LogP contribution in [-0.2, 0) is 18.4 Å². The number of esters is 1. The molecule has 9 heteroatoms. The molecule has 0 bridgehead atoms. The first-order chi connectivity index (χ1) is 11.8. The second kappa shape index (κ2) is 7.22. The fraction of sp³-hybridized carbons (Fsp3) is 0.588. The second-order valence-corrected chi connectivity index (χ2v) is 17.3. The lowest BCUT2D eigenvalue weighted by atomic mass is 9.99. The quantitative estimate of drug-likeness (QED) is 0.294. The lowest BCUT2D eigenvalue weighted by molar-refractivity contribution is -0.384. The van der Waals surface area contributed by atoms with Gasteiger partial charge in [0, 0.05) is 18.6 Å². The molecule has 1 fully saturated rings. The van der Waals surface area contributed by atoms with Gasteiger partial charge in [-0.1, -0.05) is 0 Å². The molecule has 144 valence electrons. The van der Waals surface area contributed by atoms with Crippen molar-refractivity contribution in [3.05, 3.63) is 39.9 Å². The second-order valence-electron chi connectivity index (χ2n) is 8.46. The molecule has 2 rings (SSSR count). The highest BCUT2D eigenvalue weighted by molar-refractivity contribution is 6.70. The summed E-state index contributed by atoms with van der Waals surface area (Å²) >= 11 is 0. The lowest BCUT2D eigenvalue weighted by Crippen LogP contribution is -2.50. The van der Waals surface area contributed by atoms with Crippen molar-refractivity contribution < 1.29 is 23.3 Å². The van der Waals surface area contributed by atoms with Crippen LogP contribution in [0.2, 0.25) is 39.3 Å². The molecule has 0 spiro atoms. The Balaban J connectivity index is 2.50. The molecule has 7 nitrogen and oxygen atoms in total. The molecule has 1 aliphatic heterocycles. The number of cyclic esters (lactones) is 1. The van der Waals surface area contributed by atoms with E-state index in [4.69, 9.17) is 13.6 Å². The van der Waals surface area contributed by atoms with Crippen molar-refractivity contribution in [3.63, 3.8) is 0 Å². The van der Waals surface area contributed by atoms with Crippen molar-refractivity contribution in [3.8, 4) is 0 Å². The minimum Gasteiger partial charge on any atom is -0.431 e. The third kappa shape index (κ3) is 5.22. The Labute approximate surface area is 156 Å². The van der Waals surface area contributed by atoms with Gasteiger partial charge in [0.1, 0.15) is 6.10 Å². The standard InChI is InChI=1S/C17H27NO6Si2/c1-25(2,3)23-16(13-7-9-14(10-8-13)18(20)21)17(24-26(4,5)6)12-11-15(19)22-17/h7-10,16H,11-12H2,1-6H3. The van der Waals surface area contributed by atoms with Gasteiger partial charge in [0.25, 0.3) is 5.69 Å². The summed E-state index contributed by atoms with van der Waals surface area (Å²) in [6, 6.07) is 6.19. The molecule has 0 saturated carbocycles. The van der Waals surface area contributed by atoms with Crippen LogP contribution in [0.25, 0.3) is 0 Å². The van der Waals surface area contributed by atoms with Crippen LogP contribution < -0.4 is 0 Å². The fourth-order valence-corrected chi connectivity index (χ4v) is 5.25. The van der Waals surface area contributed by atoms with Crippen molar-refractivity contribution in [2.45, 2.75) is 64.0 Å². The van der Waals surface area contributed by atoms with Crippen LogP contribution in [0.5, 0.6) is 0 Å². The Morgan fingerprint density at radius 2 is 1.69 bits per heavy atom. The van der Waals surface area contributed by atoms with Crippen LogP contribution in [0.4, 0.5) is 5.69 Å². The summed E-state index contributed by atoms with van der Waals surface area (Å²) in [5.41, 5.74) is 0.718. The molecule has 2 atom stereocenters. The van der Waals surface area contributed by atoms with Crippen molar-refractivity contribution >= 4 is 28.3 Å². The van der Waals surface area contributed by atoms with Gasteiger partial charge in [-0.15, -0.1) is 0 Å². The average Bonchev–Trinajstić information content (AvgIpc) is 2.84. The Morgan fingerprint density at radius 3 is 2.08 bits per heavy atom. The van der Waals surface area contributed by atoms with E-state index >= 15 is 0 Å². The Hall–Kier alpha value is -1.56. The zero-order valence-electron chi connectivity index (χ0n) is 16.2. The highest BCUT2D eigenvalue weighted by atomic mass is 28.4. The van der Waals surface area contributed by atoms with Gasteiger partial charge < -0.3 is 13.6 Å². The number of hydrogen-bond acceptors (Lipinski definition) is 6. The number of rotatable bonds is 7. The normalized spacial score (nSPS) is 22.2. The highest BCUT2D eigenvalue weighted by Gasteiger charge is 2.53. The van der Waals surface area contributed by atoms with Crippen molar-refractivity contribution in [2.75, 3.05) is 0 Å². The maximum atomic E-state index is 12.0. The minimum absolute atomic E-state index is 0.00378. The van der Waals surface area contributed by atoms with E-state index in [1.54, 1.807) is 12.1 Å². The van der Waals surface area contributed by atoms with Gasteiger partial charge in [-0.3, -0.25) is 14.9 Å². The van der Waals surface area contributed by atoms with Crippen LogP contribution in [0.1, 0.15) is 24.5 Å². The minimum atomic E-state index is -2.07. The number of nitrogens with zero attached hydrogens (tertiary/aromatic N) is 1. The molecule has 0 aliphatic carbocycles. The van der Waals surface area contributed by atoms with Crippen molar-refractivity contribution in [1.29, 1.82) is 0 Å². The summed E-state index contributed by atoms with van der Waals surface area (Å²) in [7, 11) is -4.11. The van der Waals surface area contributed by atoms with Gasteiger partial charge in [0.05, 0.1) is 11.3 Å². The van der Waals surface area contributed by atoms with E-state index in [0.29, 0.717) is 12.0 Å². The van der Waals surface area contributed by atoms with Crippen LogP contribution in [0.3, 0.4) is 0 Å². The van der Waals surface area contributed by atoms with Gasteiger partial charge >= 0.3 is 5.97 Å². The number of ether oxygens (including phenoxy) is 1. The van der Waals surface area contributed by atoms with Crippen LogP contribution in [0, 0.1) is 10.1 Å². The molecule has 0 amide bonds. The molecule has 1 saturated heterocycles. The number of carbonyl (C=O) groups is 1. The summed E-state index contributed by atoms with van der Waals surface area (Å²) in [6.45, 7) is 12.2. The Kier molecular flexibility index (Phi) is 5.76. The van der Waals surface area contributed by atoms with Gasteiger partial charge in [-0.2, -0.15) is 0 Å². The number of nitro groups is 1. The fourth-order valence-electron chi connectivity index (χ4n) is 2.94. The summed E-state index contributed by atoms with van der Waals surface area (Å²) in [6.07, 6.45) is 0.0544. The Morgan fingerprint density at radius 1 is 1.12 bits per heavy atom. The third-order valence-electron chi connectivity index (χ3n) is 3.72. The zero-order chi connectivity index (χ0) is 19.8. The van der Waals surface area contributed by atoms with Gasteiger partial charge in [-0.25, -0.2) is 0 Å². The van der Waals surface area contributed by atoms with Gasteiger partial charge in [0.15, 0.2) is 16.6 Å². The topological polar surface area (TPSA) is 87.9 Å². The summed E-state index contributed by atoms with van der Waals surface area (Å²) in [5.74, 6) is -1.49. The molecular formula is C17H27NO6Si2. The monoisotopic (exact) mass is 397 g/mol. The van der Waals surface area contributed by atoms with Crippen LogP contribution in [0.15, 0.2) is 24.3 Å². The summed E-state index contributed by atoms with van der Waals surface area (Å²) in [4.78, 5) is 22.5. The van der Waals surface area contributed by atoms with E-state index in [-0.39, 0.29) is 18.1 Å². The molecule has 0 N–H and O–H groups in total. The predicted molar refractivity (Wildman–Crippen MR) is 103 cm³/mol. The van der Waals surface area contributed by atoms with E-state index in [1.807, 2.05) is 39.3 Å². The van der Waals surface area contributed by atoms with Crippen molar-refractivity contribution in [1.82, 2.24) is 0 Å². The van der Waals surface area contributed by atoms with E-state index in [1.165, 1.54) is 12.1 Å². The van der Waals surface area contributed by atoms with Crippen molar-refractivity contribution in [2.24, 2.45) is 0 Å². The smallest absolute Gasteiger partial charge is 0.308 e. The first-order valence-corrected chi connectivity index (χ1v) is 15.5. The van der Waals surface area contributed by atoms with Gasteiger partial charge in [0.2, 0.25) is 5.79 Å². The number of carbonyl (C=O) groups excluding carboxylic acids is 1. The van der Waals surface area contributed by atoms with E-state index < -0.39 is 33.4 Å². The number of non-ortho nitro benzene ring substituents is 1. The summed E-state index contributed by atoms with van der Waals surface area (Å²) in [5, 5.41) is 11.0. The maximum absolute atomic E-state index is 12.0. The first-order valence-electron chi connectivity index (χ1n) is 8.66. The SMILES string of the molecule is C[Si](C)(C)OC(c1ccc([N+](=O)[O-])cc1)C1(O[Si](C)(C)C)CCC(=O)O1.